The fourth-order valence-electron chi connectivity index (χ4n) is 2.99. The number of carbonyl (C=O) groups excluding carboxylic acids is 2. The van der Waals surface area contributed by atoms with Crippen LogP contribution in [-0.4, -0.2) is 29.6 Å². The number of carbonyl (C=O) groups is 2. The van der Waals surface area contributed by atoms with E-state index >= 15 is 0 Å². The van der Waals surface area contributed by atoms with E-state index in [2.05, 4.69) is 15.8 Å². The van der Waals surface area contributed by atoms with Crippen molar-refractivity contribution in [2.45, 2.75) is 0 Å². The molecule has 0 fully saturated rings. The van der Waals surface area contributed by atoms with Crippen LogP contribution in [0.2, 0.25) is 0 Å². The molecule has 4 rings (SSSR count). The van der Waals surface area contributed by atoms with Crippen molar-refractivity contribution in [1.29, 1.82) is 0 Å². The van der Waals surface area contributed by atoms with Crippen molar-refractivity contribution in [1.82, 2.24) is 5.43 Å². The van der Waals surface area contributed by atoms with Crippen LogP contribution in [0.4, 0.5) is 11.4 Å². The third-order valence-electron chi connectivity index (χ3n) is 4.62. The maximum Gasteiger partial charge on any atom is 0.307 e. The summed E-state index contributed by atoms with van der Waals surface area (Å²) in [6.07, 6.45) is 1.43. The lowest BCUT2D eigenvalue weighted by Gasteiger charge is -2.07. The number of anilines is 1. The van der Waals surface area contributed by atoms with Gasteiger partial charge in [0.2, 0.25) is 0 Å². The van der Waals surface area contributed by atoms with Crippen LogP contribution < -0.4 is 15.5 Å². The van der Waals surface area contributed by atoms with Crippen LogP contribution in [-0.2, 0) is 4.79 Å². The number of nitro benzene ring substituents is 1. The Morgan fingerprint density at radius 2 is 1.79 bits per heavy atom. The molecule has 0 aliphatic rings. The number of rotatable bonds is 8. The fraction of sp³-hybridized carbons (Fsp3) is 0.0417. The summed E-state index contributed by atoms with van der Waals surface area (Å²) < 4.78 is 10.9. The lowest BCUT2D eigenvalue weighted by atomic mass is 10.2. The van der Waals surface area contributed by atoms with E-state index < -0.39 is 10.8 Å². The van der Waals surface area contributed by atoms with Crippen molar-refractivity contribution in [2.75, 3.05) is 11.9 Å². The van der Waals surface area contributed by atoms with Crippen LogP contribution in [0.15, 0.2) is 88.4 Å². The number of hydrogen-bond acceptors (Lipinski definition) is 7. The topological polar surface area (TPSA) is 136 Å². The Hall–Kier alpha value is -4.99. The van der Waals surface area contributed by atoms with E-state index in [0.29, 0.717) is 28.0 Å². The highest BCUT2D eigenvalue weighted by Crippen LogP contribution is 2.24. The maximum atomic E-state index is 12.2. The molecule has 34 heavy (non-hydrogen) atoms. The predicted molar refractivity (Wildman–Crippen MR) is 125 cm³/mol. The number of amides is 2. The van der Waals surface area contributed by atoms with E-state index in [1.807, 2.05) is 18.2 Å². The summed E-state index contributed by atoms with van der Waals surface area (Å²) in [4.78, 5) is 34.5. The summed E-state index contributed by atoms with van der Waals surface area (Å²) in [5, 5.41) is 17.9. The van der Waals surface area contributed by atoms with Crippen molar-refractivity contribution in [2.24, 2.45) is 5.10 Å². The lowest BCUT2D eigenvalue weighted by Crippen LogP contribution is -2.20. The third-order valence-corrected chi connectivity index (χ3v) is 4.62. The van der Waals surface area contributed by atoms with Gasteiger partial charge in [-0.1, -0.05) is 18.2 Å². The minimum Gasteiger partial charge on any atom is -0.484 e. The first-order valence-electron chi connectivity index (χ1n) is 10.1. The fourth-order valence-corrected chi connectivity index (χ4v) is 2.99. The van der Waals surface area contributed by atoms with Gasteiger partial charge in [0.15, 0.2) is 12.4 Å². The monoisotopic (exact) mass is 458 g/mol. The molecule has 0 radical (unpaired) electrons. The van der Waals surface area contributed by atoms with E-state index in [1.54, 1.807) is 36.4 Å². The van der Waals surface area contributed by atoms with Crippen LogP contribution in [0.1, 0.15) is 16.1 Å². The van der Waals surface area contributed by atoms with Gasteiger partial charge in [0.05, 0.1) is 11.1 Å². The zero-order chi connectivity index (χ0) is 23.9. The zero-order valence-electron chi connectivity index (χ0n) is 17.6. The van der Waals surface area contributed by atoms with Crippen LogP contribution in [0.25, 0.3) is 11.0 Å². The number of fused-ring (bicyclic) bond motifs is 1. The summed E-state index contributed by atoms with van der Waals surface area (Å²) in [5.41, 5.74) is 3.97. The Bertz CT molecular complexity index is 1360. The molecule has 0 aliphatic carbocycles. The second kappa shape index (κ2) is 10.1. The second-order valence-electron chi connectivity index (χ2n) is 7.06. The molecule has 10 heteroatoms. The van der Waals surface area contributed by atoms with Crippen molar-refractivity contribution < 1.29 is 23.7 Å². The van der Waals surface area contributed by atoms with Crippen molar-refractivity contribution in [3.05, 3.63) is 100 Å². The molecular formula is C24H18N4O6. The molecule has 10 nitrogen and oxygen atoms in total. The first-order chi connectivity index (χ1) is 16.5. The molecule has 0 aliphatic heterocycles. The molecular weight excluding hydrogens is 440 g/mol. The number of non-ortho nitro benzene ring substituents is 1. The van der Waals surface area contributed by atoms with E-state index in [1.165, 1.54) is 30.5 Å². The number of furan rings is 1. The number of nitro groups is 1. The highest BCUT2D eigenvalue weighted by Gasteiger charge is 2.14. The molecule has 0 saturated carbocycles. The van der Waals surface area contributed by atoms with Crippen LogP contribution in [0.5, 0.6) is 5.75 Å². The van der Waals surface area contributed by atoms with Gasteiger partial charge in [-0.05, 0) is 54.1 Å². The Morgan fingerprint density at radius 3 is 2.53 bits per heavy atom. The van der Waals surface area contributed by atoms with E-state index in [0.717, 1.165) is 0 Å². The average molecular weight is 458 g/mol. The molecule has 1 heterocycles. The lowest BCUT2D eigenvalue weighted by molar-refractivity contribution is -0.384. The van der Waals surface area contributed by atoms with Gasteiger partial charge in [0.25, 0.3) is 11.6 Å². The molecule has 0 spiro atoms. The zero-order valence-corrected chi connectivity index (χ0v) is 17.6. The number of hydrogen-bond donors (Lipinski definition) is 2. The first kappa shape index (κ1) is 22.2. The van der Waals surface area contributed by atoms with Gasteiger partial charge in [0, 0.05) is 23.2 Å². The summed E-state index contributed by atoms with van der Waals surface area (Å²) in [7, 11) is 0. The molecule has 2 amide bonds. The standard InChI is InChI=1S/C24H18N4O6/c29-23(26-18-4-2-1-3-5-18)15-33-20-9-6-16(7-10-20)14-25-27-24(30)22-13-17-12-19(28(31)32)8-11-21(17)34-22/h1-14H,15H2,(H,26,29)(H,27,30)/b25-14-. The van der Waals surface area contributed by atoms with Crippen molar-refractivity contribution in [3.8, 4) is 5.75 Å². The minimum absolute atomic E-state index is 0.0230. The summed E-state index contributed by atoms with van der Waals surface area (Å²) in [5.74, 6) is -0.398. The van der Waals surface area contributed by atoms with Gasteiger partial charge in [-0.15, -0.1) is 0 Å². The molecule has 4 aromatic rings. The third kappa shape index (κ3) is 5.62. The molecule has 3 aromatic carbocycles. The van der Waals surface area contributed by atoms with Crippen LogP contribution >= 0.6 is 0 Å². The molecule has 0 atom stereocenters. The van der Waals surface area contributed by atoms with Gasteiger partial charge in [0.1, 0.15) is 11.3 Å². The average Bonchev–Trinajstić information content (AvgIpc) is 3.28. The summed E-state index contributed by atoms with van der Waals surface area (Å²) in [6, 6.07) is 21.3. The number of ether oxygens (including phenoxy) is 1. The molecule has 0 unspecified atom stereocenters. The maximum absolute atomic E-state index is 12.2. The van der Waals surface area contributed by atoms with E-state index in [-0.39, 0.29) is 24.0 Å². The predicted octanol–water partition coefficient (Wildman–Crippen LogP) is 4.12. The smallest absolute Gasteiger partial charge is 0.307 e. The van der Waals surface area contributed by atoms with Gasteiger partial charge in [-0.2, -0.15) is 5.10 Å². The number of nitrogens with one attached hydrogen (secondary N) is 2. The Labute approximate surface area is 193 Å². The molecule has 2 N–H and O–H groups in total. The van der Waals surface area contributed by atoms with E-state index in [4.69, 9.17) is 9.15 Å². The number of benzene rings is 3. The number of hydrazone groups is 1. The highest BCUT2D eigenvalue weighted by molar-refractivity contribution is 5.97. The largest absolute Gasteiger partial charge is 0.484 e. The van der Waals surface area contributed by atoms with Crippen LogP contribution in [0, 0.1) is 10.1 Å². The molecule has 1 aromatic heterocycles. The summed E-state index contributed by atoms with van der Waals surface area (Å²) >= 11 is 0. The SMILES string of the molecule is O=C(COc1ccc(/C=N\NC(=O)c2cc3cc([N+](=O)[O-])ccc3o2)cc1)Nc1ccccc1. The minimum atomic E-state index is -0.598. The highest BCUT2D eigenvalue weighted by atomic mass is 16.6. The van der Waals surface area contributed by atoms with Gasteiger partial charge < -0.3 is 14.5 Å². The number of para-hydroxylation sites is 1. The van der Waals surface area contributed by atoms with Crippen LogP contribution in [0.3, 0.4) is 0 Å². The Morgan fingerprint density at radius 1 is 1.03 bits per heavy atom. The Kier molecular flexibility index (Phi) is 6.59. The van der Waals surface area contributed by atoms with Crippen molar-refractivity contribution >= 4 is 40.4 Å². The van der Waals surface area contributed by atoms with Crippen molar-refractivity contribution in [3.63, 3.8) is 0 Å². The Balaban J connectivity index is 1.28. The van der Waals surface area contributed by atoms with E-state index in [9.17, 15) is 19.7 Å². The molecule has 170 valence electrons. The normalized spacial score (nSPS) is 10.8. The second-order valence-corrected chi connectivity index (χ2v) is 7.06. The van der Waals surface area contributed by atoms with Gasteiger partial charge in [-0.25, -0.2) is 5.43 Å². The quantitative estimate of drug-likeness (QED) is 0.232. The molecule has 0 bridgehead atoms. The first-order valence-corrected chi connectivity index (χ1v) is 10.1. The number of nitrogens with zero attached hydrogens (tertiary/aromatic N) is 2. The van der Waals surface area contributed by atoms with Gasteiger partial charge >= 0.3 is 5.91 Å². The summed E-state index contributed by atoms with van der Waals surface area (Å²) in [6.45, 7) is -0.140. The molecule has 0 saturated heterocycles. The van der Waals surface area contributed by atoms with Gasteiger partial charge in [-0.3, -0.25) is 19.7 Å².